The van der Waals surface area contributed by atoms with Crippen LogP contribution in [0.25, 0.3) is 0 Å². The summed E-state index contributed by atoms with van der Waals surface area (Å²) in [5, 5.41) is 3.60. The van der Waals surface area contributed by atoms with Crippen LogP contribution in [0.4, 0.5) is 4.39 Å². The summed E-state index contributed by atoms with van der Waals surface area (Å²) >= 11 is 3.41. The molecule has 0 aliphatic carbocycles. The Bertz CT molecular complexity index is 556. The van der Waals surface area contributed by atoms with E-state index in [1.807, 2.05) is 30.3 Å². The molecule has 1 unspecified atom stereocenters. The van der Waals surface area contributed by atoms with Crippen LogP contribution in [0, 0.1) is 5.82 Å². The predicted octanol–water partition coefficient (Wildman–Crippen LogP) is 3.56. The lowest BCUT2D eigenvalue weighted by atomic mass is 10.1. The highest BCUT2D eigenvalue weighted by molar-refractivity contribution is 9.09. The molecule has 1 amide bonds. The first-order chi connectivity index (χ1) is 9.69. The van der Waals surface area contributed by atoms with E-state index in [-0.39, 0.29) is 17.8 Å². The number of hydrogen-bond donors (Lipinski definition) is 1. The molecule has 0 heterocycles. The summed E-state index contributed by atoms with van der Waals surface area (Å²) in [6, 6.07) is 15.5. The lowest BCUT2D eigenvalue weighted by Gasteiger charge is -2.16. The van der Waals surface area contributed by atoms with E-state index in [0.717, 1.165) is 12.0 Å². The van der Waals surface area contributed by atoms with Crippen molar-refractivity contribution in [2.24, 2.45) is 0 Å². The molecule has 2 aromatic rings. The maximum Gasteiger partial charge on any atom is 0.251 e. The van der Waals surface area contributed by atoms with E-state index in [1.54, 1.807) is 0 Å². The highest BCUT2D eigenvalue weighted by Crippen LogP contribution is 2.07. The van der Waals surface area contributed by atoms with Crippen molar-refractivity contribution in [1.82, 2.24) is 5.32 Å². The number of halogens is 2. The molecule has 0 spiro atoms. The second-order valence-corrected chi connectivity index (χ2v) is 5.17. The van der Waals surface area contributed by atoms with E-state index < -0.39 is 0 Å². The van der Waals surface area contributed by atoms with Crippen molar-refractivity contribution < 1.29 is 9.18 Å². The van der Waals surface area contributed by atoms with Crippen LogP contribution in [0.5, 0.6) is 0 Å². The van der Waals surface area contributed by atoms with Gasteiger partial charge >= 0.3 is 0 Å². The van der Waals surface area contributed by atoms with Gasteiger partial charge in [-0.05, 0) is 36.2 Å². The summed E-state index contributed by atoms with van der Waals surface area (Å²) in [5.41, 5.74) is 1.63. The Balaban J connectivity index is 1.99. The first-order valence-electron chi connectivity index (χ1n) is 6.35. The normalized spacial score (nSPS) is 11.9. The van der Waals surface area contributed by atoms with Crippen LogP contribution in [-0.2, 0) is 6.42 Å². The minimum atomic E-state index is -0.345. The quantitative estimate of drug-likeness (QED) is 0.831. The number of carbonyl (C=O) groups excluding carboxylic acids is 1. The van der Waals surface area contributed by atoms with Crippen molar-refractivity contribution in [2.75, 3.05) is 5.33 Å². The molecule has 0 aliphatic heterocycles. The molecule has 0 radical (unpaired) electrons. The monoisotopic (exact) mass is 335 g/mol. The van der Waals surface area contributed by atoms with E-state index in [0.29, 0.717) is 10.9 Å². The summed E-state index contributed by atoms with van der Waals surface area (Å²) < 4.78 is 12.8. The maximum atomic E-state index is 12.8. The van der Waals surface area contributed by atoms with Gasteiger partial charge in [-0.25, -0.2) is 4.39 Å². The van der Waals surface area contributed by atoms with Crippen molar-refractivity contribution in [3.63, 3.8) is 0 Å². The van der Waals surface area contributed by atoms with Gasteiger partial charge in [0.1, 0.15) is 5.82 Å². The Morgan fingerprint density at radius 3 is 2.35 bits per heavy atom. The number of benzene rings is 2. The summed E-state index contributed by atoms with van der Waals surface area (Å²) in [6.45, 7) is 0. The van der Waals surface area contributed by atoms with Gasteiger partial charge in [-0.1, -0.05) is 46.3 Å². The molecule has 1 atom stereocenters. The molecule has 0 fully saturated rings. The largest absolute Gasteiger partial charge is 0.348 e. The minimum Gasteiger partial charge on any atom is -0.348 e. The van der Waals surface area contributed by atoms with Gasteiger partial charge in [0, 0.05) is 16.9 Å². The lowest BCUT2D eigenvalue weighted by molar-refractivity contribution is 0.0941. The average Bonchev–Trinajstić information content (AvgIpc) is 2.48. The second kappa shape index (κ2) is 7.20. The number of carbonyl (C=O) groups is 1. The summed E-state index contributed by atoms with van der Waals surface area (Å²) in [4.78, 5) is 12.1. The first kappa shape index (κ1) is 14.7. The lowest BCUT2D eigenvalue weighted by Crippen LogP contribution is -2.37. The van der Waals surface area contributed by atoms with E-state index in [9.17, 15) is 9.18 Å². The van der Waals surface area contributed by atoms with Crippen molar-refractivity contribution in [3.8, 4) is 0 Å². The van der Waals surface area contributed by atoms with E-state index >= 15 is 0 Å². The van der Waals surface area contributed by atoms with Crippen LogP contribution in [0.1, 0.15) is 15.9 Å². The van der Waals surface area contributed by atoms with Gasteiger partial charge in [-0.3, -0.25) is 4.79 Å². The number of nitrogens with one attached hydrogen (secondary N) is 1. The van der Waals surface area contributed by atoms with Gasteiger partial charge in [0.2, 0.25) is 0 Å². The van der Waals surface area contributed by atoms with Crippen molar-refractivity contribution in [2.45, 2.75) is 12.5 Å². The van der Waals surface area contributed by atoms with Crippen molar-refractivity contribution in [1.29, 1.82) is 0 Å². The molecule has 20 heavy (non-hydrogen) atoms. The number of hydrogen-bond acceptors (Lipinski definition) is 1. The van der Waals surface area contributed by atoms with Gasteiger partial charge in [0.05, 0.1) is 0 Å². The van der Waals surface area contributed by atoms with Gasteiger partial charge in [-0.2, -0.15) is 0 Å². The van der Waals surface area contributed by atoms with Crippen LogP contribution in [0.2, 0.25) is 0 Å². The summed E-state index contributed by atoms with van der Waals surface area (Å²) in [7, 11) is 0. The zero-order valence-corrected chi connectivity index (χ0v) is 12.4. The Kier molecular flexibility index (Phi) is 5.30. The predicted molar refractivity (Wildman–Crippen MR) is 81.6 cm³/mol. The van der Waals surface area contributed by atoms with Gasteiger partial charge in [-0.15, -0.1) is 0 Å². The fourth-order valence-corrected chi connectivity index (χ4v) is 2.30. The maximum absolute atomic E-state index is 12.8. The second-order valence-electron chi connectivity index (χ2n) is 4.52. The Morgan fingerprint density at radius 2 is 1.75 bits per heavy atom. The SMILES string of the molecule is O=C(NC(CBr)Cc1ccccc1)c1ccc(F)cc1. The molecule has 0 saturated carbocycles. The van der Waals surface area contributed by atoms with E-state index in [4.69, 9.17) is 0 Å². The number of rotatable bonds is 5. The average molecular weight is 336 g/mol. The Morgan fingerprint density at radius 1 is 1.10 bits per heavy atom. The van der Waals surface area contributed by atoms with Crippen LogP contribution >= 0.6 is 15.9 Å². The molecular weight excluding hydrogens is 321 g/mol. The first-order valence-corrected chi connectivity index (χ1v) is 7.47. The molecule has 0 saturated heterocycles. The van der Waals surface area contributed by atoms with Crippen LogP contribution in [-0.4, -0.2) is 17.3 Å². The van der Waals surface area contributed by atoms with Gasteiger partial charge in [0.15, 0.2) is 0 Å². The highest BCUT2D eigenvalue weighted by atomic mass is 79.9. The fraction of sp³-hybridized carbons (Fsp3) is 0.188. The molecular formula is C16H15BrFNO. The third-order valence-corrected chi connectivity index (χ3v) is 3.73. The Labute approximate surface area is 126 Å². The van der Waals surface area contributed by atoms with Gasteiger partial charge < -0.3 is 5.32 Å². The van der Waals surface area contributed by atoms with Crippen LogP contribution < -0.4 is 5.32 Å². The Hall–Kier alpha value is -1.68. The smallest absolute Gasteiger partial charge is 0.251 e. The van der Waals surface area contributed by atoms with Gasteiger partial charge in [0.25, 0.3) is 5.91 Å². The summed E-state index contributed by atoms with van der Waals surface area (Å²) in [5.74, 6) is -0.534. The fourth-order valence-electron chi connectivity index (χ4n) is 1.91. The van der Waals surface area contributed by atoms with Crippen molar-refractivity contribution in [3.05, 3.63) is 71.5 Å². The molecule has 2 aromatic carbocycles. The van der Waals surface area contributed by atoms with Crippen molar-refractivity contribution >= 4 is 21.8 Å². The summed E-state index contributed by atoms with van der Waals surface area (Å²) in [6.07, 6.45) is 0.749. The molecule has 104 valence electrons. The highest BCUT2D eigenvalue weighted by Gasteiger charge is 2.13. The third-order valence-electron chi connectivity index (χ3n) is 2.95. The third kappa shape index (κ3) is 4.17. The molecule has 0 bridgehead atoms. The molecule has 1 N–H and O–H groups in total. The molecule has 0 aliphatic rings. The molecule has 2 rings (SSSR count). The zero-order valence-electron chi connectivity index (χ0n) is 10.9. The minimum absolute atomic E-state index is 0.00467. The standard InChI is InChI=1S/C16H15BrFNO/c17-11-15(10-12-4-2-1-3-5-12)19-16(20)13-6-8-14(18)9-7-13/h1-9,15H,10-11H2,(H,19,20). The topological polar surface area (TPSA) is 29.1 Å². The number of alkyl halides is 1. The molecule has 2 nitrogen and oxygen atoms in total. The zero-order chi connectivity index (χ0) is 14.4. The van der Waals surface area contributed by atoms with E-state index in [2.05, 4.69) is 21.2 Å². The molecule has 0 aromatic heterocycles. The van der Waals surface area contributed by atoms with E-state index in [1.165, 1.54) is 24.3 Å². The van der Waals surface area contributed by atoms with Crippen LogP contribution in [0.3, 0.4) is 0 Å². The number of amides is 1. The molecule has 4 heteroatoms. The van der Waals surface area contributed by atoms with Crippen LogP contribution in [0.15, 0.2) is 54.6 Å².